The van der Waals surface area contributed by atoms with Gasteiger partial charge in [0.2, 0.25) is 0 Å². The highest BCUT2D eigenvalue weighted by Gasteiger charge is 2.35. The van der Waals surface area contributed by atoms with E-state index in [1.54, 1.807) is 6.07 Å². The van der Waals surface area contributed by atoms with E-state index in [-0.39, 0.29) is 17.2 Å². The van der Waals surface area contributed by atoms with Crippen LogP contribution in [0.3, 0.4) is 0 Å². The minimum atomic E-state index is -0.712. The number of hydrogen-bond acceptors (Lipinski definition) is 6. The maximum absolute atomic E-state index is 12.2. The molecule has 0 spiro atoms. The quantitative estimate of drug-likeness (QED) is 0.459. The van der Waals surface area contributed by atoms with E-state index in [9.17, 15) is 19.5 Å². The van der Waals surface area contributed by atoms with E-state index in [4.69, 9.17) is 4.74 Å². The molecule has 0 bridgehead atoms. The number of halogens is 1. The molecule has 0 atom stereocenters. The molecule has 2 rings (SSSR count). The van der Waals surface area contributed by atoms with Crippen LogP contribution in [-0.4, -0.2) is 48.7 Å². The van der Waals surface area contributed by atoms with Crippen molar-refractivity contribution in [1.29, 1.82) is 0 Å². The zero-order chi connectivity index (χ0) is 17.1. The Bertz CT molecular complexity index is 715. The molecule has 0 aliphatic carbocycles. The van der Waals surface area contributed by atoms with Gasteiger partial charge in [0.25, 0.3) is 5.91 Å². The van der Waals surface area contributed by atoms with Crippen molar-refractivity contribution in [3.63, 3.8) is 0 Å². The highest BCUT2D eigenvalue weighted by molar-refractivity contribution is 9.10. The van der Waals surface area contributed by atoms with Gasteiger partial charge in [-0.1, -0.05) is 0 Å². The Morgan fingerprint density at radius 3 is 2.70 bits per heavy atom. The summed E-state index contributed by atoms with van der Waals surface area (Å²) < 4.78 is 9.82. The van der Waals surface area contributed by atoms with Crippen LogP contribution in [0, 0.1) is 0 Å². The van der Waals surface area contributed by atoms with Gasteiger partial charge in [0.15, 0.2) is 11.5 Å². The van der Waals surface area contributed by atoms with Crippen molar-refractivity contribution < 1.29 is 29.0 Å². The fourth-order valence-corrected chi connectivity index (χ4v) is 2.37. The van der Waals surface area contributed by atoms with E-state index in [1.165, 1.54) is 19.3 Å². The number of nitrogens with zero attached hydrogens (tertiary/aromatic N) is 1. The molecule has 1 saturated heterocycles. The number of ether oxygens (including phenoxy) is 2. The summed E-state index contributed by atoms with van der Waals surface area (Å²) in [5.74, 6) is -1.23. The van der Waals surface area contributed by atoms with E-state index >= 15 is 0 Å². The van der Waals surface area contributed by atoms with Crippen molar-refractivity contribution in [3.05, 3.63) is 27.9 Å². The predicted octanol–water partition coefficient (Wildman–Crippen LogP) is 1.23. The van der Waals surface area contributed by atoms with Crippen molar-refractivity contribution in [2.24, 2.45) is 0 Å². The lowest BCUT2D eigenvalue weighted by Gasteiger charge is -2.09. The van der Waals surface area contributed by atoms with Gasteiger partial charge in [-0.3, -0.25) is 9.59 Å². The number of carbonyl (C=O) groups is 3. The Kier molecular flexibility index (Phi) is 4.89. The number of amides is 3. The SMILES string of the molecule is COC(=O)CN1C(=O)N/C(=C/c2cc(Br)c(O)c(OC)c2)C1=O. The number of methoxy groups -OCH3 is 2. The van der Waals surface area contributed by atoms with E-state index < -0.39 is 24.5 Å². The molecule has 1 aromatic carbocycles. The summed E-state index contributed by atoms with van der Waals surface area (Å²) in [7, 11) is 2.55. The largest absolute Gasteiger partial charge is 0.503 e. The van der Waals surface area contributed by atoms with Crippen LogP contribution < -0.4 is 10.1 Å². The molecule has 0 saturated carbocycles. The molecule has 1 aliphatic rings. The van der Waals surface area contributed by atoms with E-state index in [1.807, 2.05) is 0 Å². The standard InChI is InChI=1S/C14H13BrN2O6/c1-22-10-5-7(3-8(15)12(10)19)4-9-13(20)17(14(21)16-9)6-11(18)23-2/h3-5,19H,6H2,1-2H3,(H,16,21)/b9-4+. The number of hydrogen-bond donors (Lipinski definition) is 2. The first-order valence-corrected chi connectivity index (χ1v) is 7.14. The third-order valence-corrected chi connectivity index (χ3v) is 3.66. The van der Waals surface area contributed by atoms with Crippen LogP contribution in [0.1, 0.15) is 5.56 Å². The van der Waals surface area contributed by atoms with Gasteiger partial charge in [0.05, 0.1) is 18.7 Å². The summed E-state index contributed by atoms with van der Waals surface area (Å²) >= 11 is 3.16. The maximum atomic E-state index is 12.2. The third-order valence-electron chi connectivity index (χ3n) is 3.06. The van der Waals surface area contributed by atoms with Crippen LogP contribution in [0.25, 0.3) is 6.08 Å². The Morgan fingerprint density at radius 1 is 1.39 bits per heavy atom. The number of phenolic OH excluding ortho intramolecular Hbond substituents is 1. The number of urea groups is 1. The van der Waals surface area contributed by atoms with E-state index in [0.29, 0.717) is 10.0 Å². The molecule has 2 N–H and O–H groups in total. The molecule has 0 radical (unpaired) electrons. The Labute approximate surface area is 139 Å². The molecule has 3 amide bonds. The maximum Gasteiger partial charge on any atom is 0.329 e. The molecule has 23 heavy (non-hydrogen) atoms. The van der Waals surface area contributed by atoms with Gasteiger partial charge in [0.1, 0.15) is 12.2 Å². The first kappa shape index (κ1) is 16.8. The second-order valence-electron chi connectivity index (χ2n) is 4.51. The second-order valence-corrected chi connectivity index (χ2v) is 5.36. The summed E-state index contributed by atoms with van der Waals surface area (Å²) in [4.78, 5) is 35.9. The lowest BCUT2D eigenvalue weighted by atomic mass is 10.1. The fraction of sp³-hybridized carbons (Fsp3) is 0.214. The van der Waals surface area contributed by atoms with Crippen LogP contribution in [0.2, 0.25) is 0 Å². The Hall–Kier alpha value is -2.55. The predicted molar refractivity (Wildman–Crippen MR) is 82.6 cm³/mol. The lowest BCUT2D eigenvalue weighted by Crippen LogP contribution is -2.36. The van der Waals surface area contributed by atoms with Crippen LogP contribution in [0.4, 0.5) is 4.79 Å². The second kappa shape index (κ2) is 6.69. The van der Waals surface area contributed by atoms with Crippen molar-refractivity contribution in [2.45, 2.75) is 0 Å². The molecule has 1 heterocycles. The average molecular weight is 385 g/mol. The summed E-state index contributed by atoms with van der Waals surface area (Å²) in [5, 5.41) is 12.1. The van der Waals surface area contributed by atoms with Crippen molar-refractivity contribution >= 4 is 39.9 Å². The van der Waals surface area contributed by atoms with E-state index in [0.717, 1.165) is 12.0 Å². The zero-order valence-corrected chi connectivity index (χ0v) is 13.8. The van der Waals surface area contributed by atoms with Gasteiger partial charge in [-0.15, -0.1) is 0 Å². The van der Waals surface area contributed by atoms with Gasteiger partial charge < -0.3 is 19.9 Å². The summed E-state index contributed by atoms with van der Waals surface area (Å²) in [6.45, 7) is -0.471. The number of rotatable bonds is 4. The number of nitrogens with one attached hydrogen (secondary N) is 1. The smallest absolute Gasteiger partial charge is 0.329 e. The first-order valence-electron chi connectivity index (χ1n) is 6.35. The number of carbonyl (C=O) groups excluding carboxylic acids is 3. The summed E-state index contributed by atoms with van der Waals surface area (Å²) in [6.07, 6.45) is 1.41. The molecule has 0 aromatic heterocycles. The number of imide groups is 1. The third kappa shape index (κ3) is 3.45. The molecule has 8 nitrogen and oxygen atoms in total. The molecule has 1 fully saturated rings. The molecule has 122 valence electrons. The van der Waals surface area contributed by atoms with Crippen LogP contribution >= 0.6 is 15.9 Å². The molecule has 9 heteroatoms. The fourth-order valence-electron chi connectivity index (χ4n) is 1.91. The van der Waals surface area contributed by atoms with Crippen LogP contribution in [-0.2, 0) is 14.3 Å². The highest BCUT2D eigenvalue weighted by atomic mass is 79.9. The minimum absolute atomic E-state index is 0.00135. The molecular weight excluding hydrogens is 372 g/mol. The Balaban J connectivity index is 2.31. The molecule has 1 aromatic rings. The monoisotopic (exact) mass is 384 g/mol. The normalized spacial score (nSPS) is 15.8. The molecular formula is C14H13BrN2O6. The Morgan fingerprint density at radius 2 is 2.09 bits per heavy atom. The molecule has 0 unspecified atom stereocenters. The number of aromatic hydroxyl groups is 1. The van der Waals surface area contributed by atoms with Crippen LogP contribution in [0.5, 0.6) is 11.5 Å². The zero-order valence-electron chi connectivity index (χ0n) is 12.3. The van der Waals surface area contributed by atoms with Gasteiger partial charge >= 0.3 is 12.0 Å². The van der Waals surface area contributed by atoms with Crippen molar-refractivity contribution in [2.75, 3.05) is 20.8 Å². The summed E-state index contributed by atoms with van der Waals surface area (Å²) in [6, 6.07) is 2.33. The van der Waals surface area contributed by atoms with E-state index in [2.05, 4.69) is 26.0 Å². The highest BCUT2D eigenvalue weighted by Crippen LogP contribution is 2.35. The van der Waals surface area contributed by atoms with Gasteiger partial charge in [-0.05, 0) is 39.7 Å². The number of phenols is 1. The number of esters is 1. The summed E-state index contributed by atoms with van der Waals surface area (Å²) in [5.41, 5.74) is 0.508. The van der Waals surface area contributed by atoms with Gasteiger partial charge in [-0.25, -0.2) is 9.69 Å². The molecule has 1 aliphatic heterocycles. The number of benzene rings is 1. The topological polar surface area (TPSA) is 105 Å². The van der Waals surface area contributed by atoms with Gasteiger partial charge in [0, 0.05) is 0 Å². The first-order chi connectivity index (χ1) is 10.9. The minimum Gasteiger partial charge on any atom is -0.503 e. The van der Waals surface area contributed by atoms with Gasteiger partial charge in [-0.2, -0.15) is 0 Å². The van der Waals surface area contributed by atoms with Crippen molar-refractivity contribution in [3.8, 4) is 11.5 Å². The lowest BCUT2D eigenvalue weighted by molar-refractivity contribution is -0.143. The van der Waals surface area contributed by atoms with Crippen LogP contribution in [0.15, 0.2) is 22.3 Å². The van der Waals surface area contributed by atoms with Crippen molar-refractivity contribution in [1.82, 2.24) is 10.2 Å². The average Bonchev–Trinajstić information content (AvgIpc) is 2.78.